The molecule has 2 aromatic heterocycles. The minimum atomic E-state index is -4.39. The number of fused-ring (bicyclic) bond motifs is 1. The molecule has 0 saturated heterocycles. The molecule has 1 amide bonds. The maximum Gasteiger partial charge on any atom is 0.416 e. The van der Waals surface area contributed by atoms with E-state index in [1.807, 2.05) is 36.4 Å². The summed E-state index contributed by atoms with van der Waals surface area (Å²) in [4.78, 5) is 21.3. The largest absolute Gasteiger partial charge is 0.416 e. The van der Waals surface area contributed by atoms with Gasteiger partial charge in [-0.15, -0.1) is 0 Å². The number of allylic oxidation sites excluding steroid dienone is 1. The predicted molar refractivity (Wildman–Crippen MR) is 102 cm³/mol. The second kappa shape index (κ2) is 7.50. The van der Waals surface area contributed by atoms with E-state index < -0.39 is 11.7 Å². The van der Waals surface area contributed by atoms with Crippen LogP contribution in [0.2, 0.25) is 0 Å². The number of amides is 1. The summed E-state index contributed by atoms with van der Waals surface area (Å²) in [6.45, 7) is 0. The SMILES string of the molecule is O=C(Cc1ccc(C(F)(F)F)cc1)NC1=CCc2nc(-c3ccccn3)ccc21. The Morgan fingerprint density at radius 1 is 1.00 bits per heavy atom. The highest BCUT2D eigenvalue weighted by atomic mass is 19.4. The van der Waals surface area contributed by atoms with Crippen molar-refractivity contribution in [2.75, 3.05) is 0 Å². The fourth-order valence-corrected chi connectivity index (χ4v) is 3.18. The van der Waals surface area contributed by atoms with Gasteiger partial charge in [-0.25, -0.2) is 0 Å². The molecule has 0 saturated carbocycles. The number of carbonyl (C=O) groups is 1. The highest BCUT2D eigenvalue weighted by Crippen LogP contribution is 2.29. The predicted octanol–water partition coefficient (Wildman–Crippen LogP) is 4.42. The maximum absolute atomic E-state index is 12.6. The monoisotopic (exact) mass is 395 g/mol. The molecule has 0 fully saturated rings. The van der Waals surface area contributed by atoms with Crippen molar-refractivity contribution < 1.29 is 18.0 Å². The van der Waals surface area contributed by atoms with Crippen LogP contribution in [0.3, 0.4) is 0 Å². The van der Waals surface area contributed by atoms with Gasteiger partial charge in [0.05, 0.1) is 29.1 Å². The Morgan fingerprint density at radius 3 is 2.48 bits per heavy atom. The Balaban J connectivity index is 1.43. The summed E-state index contributed by atoms with van der Waals surface area (Å²) < 4.78 is 37.9. The summed E-state index contributed by atoms with van der Waals surface area (Å²) >= 11 is 0. The van der Waals surface area contributed by atoms with Crippen LogP contribution in [-0.4, -0.2) is 15.9 Å². The Labute approximate surface area is 165 Å². The van der Waals surface area contributed by atoms with E-state index in [1.165, 1.54) is 12.1 Å². The molecule has 0 unspecified atom stereocenters. The molecule has 1 aliphatic carbocycles. The molecule has 4 rings (SSSR count). The molecule has 0 bridgehead atoms. The third-order valence-electron chi connectivity index (χ3n) is 4.61. The van der Waals surface area contributed by atoms with E-state index in [4.69, 9.17) is 0 Å². The summed E-state index contributed by atoms with van der Waals surface area (Å²) in [5.41, 5.74) is 3.66. The first-order chi connectivity index (χ1) is 13.9. The van der Waals surface area contributed by atoms with E-state index in [-0.39, 0.29) is 12.3 Å². The number of aromatic nitrogens is 2. The summed E-state index contributed by atoms with van der Waals surface area (Å²) in [5.74, 6) is -0.294. The third-order valence-corrected chi connectivity index (χ3v) is 4.61. The van der Waals surface area contributed by atoms with E-state index in [0.29, 0.717) is 17.7 Å². The molecule has 0 spiro atoms. The normalized spacial score (nSPS) is 13.0. The van der Waals surface area contributed by atoms with Crippen molar-refractivity contribution >= 4 is 11.6 Å². The van der Waals surface area contributed by atoms with Gasteiger partial charge in [0.1, 0.15) is 0 Å². The molecule has 2 heterocycles. The first kappa shape index (κ1) is 18.9. The van der Waals surface area contributed by atoms with Gasteiger partial charge in [0.2, 0.25) is 5.91 Å². The minimum absolute atomic E-state index is 0.00966. The fourth-order valence-electron chi connectivity index (χ4n) is 3.18. The molecular formula is C22H16F3N3O. The molecule has 0 radical (unpaired) electrons. The highest BCUT2D eigenvalue weighted by molar-refractivity contribution is 5.89. The molecule has 4 nitrogen and oxygen atoms in total. The van der Waals surface area contributed by atoms with Crippen molar-refractivity contribution in [2.24, 2.45) is 0 Å². The summed E-state index contributed by atoms with van der Waals surface area (Å²) in [5, 5.41) is 2.83. The van der Waals surface area contributed by atoms with Gasteiger partial charge in [-0.3, -0.25) is 14.8 Å². The molecule has 1 aliphatic rings. The van der Waals surface area contributed by atoms with Crippen molar-refractivity contribution in [3.8, 4) is 11.4 Å². The molecule has 1 N–H and O–H groups in total. The van der Waals surface area contributed by atoms with Gasteiger partial charge in [-0.1, -0.05) is 24.3 Å². The Hall–Kier alpha value is -3.48. The number of benzene rings is 1. The van der Waals surface area contributed by atoms with E-state index in [0.717, 1.165) is 34.8 Å². The lowest BCUT2D eigenvalue weighted by atomic mass is 10.1. The van der Waals surface area contributed by atoms with Gasteiger partial charge in [-0.05, 0) is 42.0 Å². The van der Waals surface area contributed by atoms with E-state index in [1.54, 1.807) is 6.20 Å². The van der Waals surface area contributed by atoms with Gasteiger partial charge in [0, 0.05) is 23.9 Å². The highest BCUT2D eigenvalue weighted by Gasteiger charge is 2.30. The van der Waals surface area contributed by atoms with Gasteiger partial charge >= 0.3 is 6.18 Å². The average Bonchev–Trinajstić information content (AvgIpc) is 3.10. The zero-order chi connectivity index (χ0) is 20.4. The molecule has 3 aromatic rings. The number of pyridine rings is 2. The van der Waals surface area contributed by atoms with Crippen molar-refractivity contribution in [2.45, 2.75) is 19.0 Å². The maximum atomic E-state index is 12.6. The lowest BCUT2D eigenvalue weighted by Gasteiger charge is -2.10. The van der Waals surface area contributed by atoms with Crippen molar-refractivity contribution in [1.29, 1.82) is 0 Å². The zero-order valence-corrected chi connectivity index (χ0v) is 15.2. The van der Waals surface area contributed by atoms with Gasteiger partial charge in [0.15, 0.2) is 0 Å². The molecule has 0 atom stereocenters. The van der Waals surface area contributed by atoms with E-state index in [9.17, 15) is 18.0 Å². The topological polar surface area (TPSA) is 54.9 Å². The number of alkyl halides is 3. The Kier molecular flexibility index (Phi) is 4.88. The summed E-state index contributed by atoms with van der Waals surface area (Å²) in [6.07, 6.45) is -0.226. The van der Waals surface area contributed by atoms with Crippen LogP contribution in [-0.2, 0) is 23.8 Å². The van der Waals surface area contributed by atoms with Crippen LogP contribution in [0.25, 0.3) is 17.1 Å². The van der Waals surface area contributed by atoms with Crippen LogP contribution in [0.5, 0.6) is 0 Å². The first-order valence-electron chi connectivity index (χ1n) is 8.98. The minimum Gasteiger partial charge on any atom is -0.325 e. The number of rotatable bonds is 4. The molecular weight excluding hydrogens is 379 g/mol. The summed E-state index contributed by atoms with van der Waals surface area (Å²) in [7, 11) is 0. The van der Waals surface area contributed by atoms with Crippen molar-refractivity contribution in [1.82, 2.24) is 15.3 Å². The fraction of sp³-hybridized carbons (Fsp3) is 0.136. The number of hydrogen-bond donors (Lipinski definition) is 1. The van der Waals surface area contributed by atoms with E-state index >= 15 is 0 Å². The zero-order valence-electron chi connectivity index (χ0n) is 15.2. The molecule has 1 aromatic carbocycles. The van der Waals surface area contributed by atoms with E-state index in [2.05, 4.69) is 15.3 Å². The molecule has 0 aliphatic heterocycles. The van der Waals surface area contributed by atoms with Crippen LogP contribution in [0.4, 0.5) is 13.2 Å². The molecule has 146 valence electrons. The smallest absolute Gasteiger partial charge is 0.325 e. The van der Waals surface area contributed by atoms with Crippen LogP contribution in [0.1, 0.15) is 22.4 Å². The lowest BCUT2D eigenvalue weighted by molar-refractivity contribution is -0.137. The lowest BCUT2D eigenvalue weighted by Crippen LogP contribution is -2.23. The third kappa shape index (κ3) is 4.18. The second-order valence-corrected chi connectivity index (χ2v) is 6.65. The first-order valence-corrected chi connectivity index (χ1v) is 8.98. The number of halogens is 3. The Morgan fingerprint density at radius 2 is 1.79 bits per heavy atom. The molecule has 29 heavy (non-hydrogen) atoms. The number of carbonyl (C=O) groups excluding carboxylic acids is 1. The van der Waals surface area contributed by atoms with Crippen molar-refractivity contribution in [3.63, 3.8) is 0 Å². The van der Waals surface area contributed by atoms with Crippen LogP contribution >= 0.6 is 0 Å². The van der Waals surface area contributed by atoms with Gasteiger partial charge in [0.25, 0.3) is 0 Å². The molecule has 7 heteroatoms. The quantitative estimate of drug-likeness (QED) is 0.712. The number of hydrogen-bond acceptors (Lipinski definition) is 3. The Bertz CT molecular complexity index is 1070. The van der Waals surface area contributed by atoms with Crippen LogP contribution in [0.15, 0.2) is 66.9 Å². The average molecular weight is 395 g/mol. The van der Waals surface area contributed by atoms with Gasteiger partial charge < -0.3 is 5.32 Å². The van der Waals surface area contributed by atoms with Crippen LogP contribution < -0.4 is 5.32 Å². The summed E-state index contributed by atoms with van der Waals surface area (Å²) in [6, 6.07) is 14.0. The number of nitrogens with one attached hydrogen (secondary N) is 1. The number of nitrogens with zero attached hydrogens (tertiary/aromatic N) is 2. The van der Waals surface area contributed by atoms with Gasteiger partial charge in [-0.2, -0.15) is 13.2 Å². The second-order valence-electron chi connectivity index (χ2n) is 6.65. The van der Waals surface area contributed by atoms with Crippen molar-refractivity contribution in [3.05, 3.63) is 89.3 Å². The van der Waals surface area contributed by atoms with Crippen LogP contribution in [0, 0.1) is 0 Å². The standard InChI is InChI=1S/C22H16F3N3O/c23-22(24,25)15-6-4-14(5-7-15)13-21(29)28-18-11-10-17-16(18)8-9-20(27-17)19-3-1-2-12-26-19/h1-9,11-12H,10,13H2,(H,28,29).